The molecule has 1 aliphatic rings. The van der Waals surface area contributed by atoms with Crippen LogP contribution in [0.5, 0.6) is 5.75 Å². The van der Waals surface area contributed by atoms with Gasteiger partial charge in [-0.2, -0.15) is 0 Å². The maximum absolute atomic E-state index is 13.8. The Labute approximate surface area is 93.8 Å². The van der Waals surface area contributed by atoms with Crippen molar-refractivity contribution in [1.29, 1.82) is 0 Å². The van der Waals surface area contributed by atoms with Crippen molar-refractivity contribution >= 4 is 0 Å². The molecule has 1 aliphatic heterocycles. The number of ether oxygens (including phenoxy) is 2. The highest BCUT2D eigenvalue weighted by Gasteiger charge is 2.29. The van der Waals surface area contributed by atoms with Crippen LogP contribution in [0, 0.1) is 5.82 Å². The molecule has 1 aromatic carbocycles. The molecule has 0 atom stereocenters. The Hall–Kier alpha value is -1.13. The Morgan fingerprint density at radius 2 is 2.19 bits per heavy atom. The van der Waals surface area contributed by atoms with Crippen molar-refractivity contribution in [3.63, 3.8) is 0 Å². The summed E-state index contributed by atoms with van der Waals surface area (Å²) in [5.74, 6) is 0.316. The zero-order valence-corrected chi connectivity index (χ0v) is 9.42. The van der Waals surface area contributed by atoms with Gasteiger partial charge in [0.25, 0.3) is 0 Å². The van der Waals surface area contributed by atoms with Crippen molar-refractivity contribution < 1.29 is 19.0 Å². The molecule has 0 aliphatic carbocycles. The Morgan fingerprint density at radius 1 is 1.44 bits per heavy atom. The van der Waals surface area contributed by atoms with Gasteiger partial charge in [0, 0.05) is 16.5 Å². The van der Waals surface area contributed by atoms with E-state index in [2.05, 4.69) is 0 Å². The molecule has 1 aromatic rings. The summed E-state index contributed by atoms with van der Waals surface area (Å²) in [6.07, 6.45) is 0. The van der Waals surface area contributed by atoms with Crippen LogP contribution in [-0.4, -0.2) is 18.5 Å². The first-order valence-electron chi connectivity index (χ1n) is 5.19. The summed E-state index contributed by atoms with van der Waals surface area (Å²) >= 11 is 0. The summed E-state index contributed by atoms with van der Waals surface area (Å²) in [6.45, 7) is 3.98. The largest absolute Gasteiger partial charge is 0.467 e. The van der Waals surface area contributed by atoms with Gasteiger partial charge in [-0.15, -0.1) is 0 Å². The van der Waals surface area contributed by atoms with Gasteiger partial charge >= 0.3 is 0 Å². The van der Waals surface area contributed by atoms with E-state index >= 15 is 0 Å². The van der Waals surface area contributed by atoms with Crippen molar-refractivity contribution in [2.45, 2.75) is 25.9 Å². The monoisotopic (exact) mass is 226 g/mol. The summed E-state index contributed by atoms with van der Waals surface area (Å²) in [4.78, 5) is 0. The molecule has 0 saturated heterocycles. The molecule has 3 nitrogen and oxygen atoms in total. The summed E-state index contributed by atoms with van der Waals surface area (Å²) < 4.78 is 24.3. The second-order valence-electron chi connectivity index (χ2n) is 4.55. The predicted molar refractivity (Wildman–Crippen MR) is 56.8 cm³/mol. The molecule has 0 fully saturated rings. The molecule has 1 N–H and O–H groups in total. The van der Waals surface area contributed by atoms with E-state index in [4.69, 9.17) is 9.47 Å². The average Bonchev–Trinajstić information content (AvgIpc) is 2.28. The van der Waals surface area contributed by atoms with E-state index in [1.54, 1.807) is 19.9 Å². The first kappa shape index (κ1) is 11.4. The van der Waals surface area contributed by atoms with Crippen molar-refractivity contribution in [3.8, 4) is 5.75 Å². The van der Waals surface area contributed by atoms with Gasteiger partial charge in [-0.1, -0.05) is 13.8 Å². The van der Waals surface area contributed by atoms with E-state index in [1.165, 1.54) is 6.07 Å². The molecule has 0 spiro atoms. The van der Waals surface area contributed by atoms with Crippen molar-refractivity contribution in [2.24, 2.45) is 0 Å². The fourth-order valence-corrected chi connectivity index (χ4v) is 1.94. The summed E-state index contributed by atoms with van der Waals surface area (Å²) in [5.41, 5.74) is 0.539. The second kappa shape index (κ2) is 4.03. The van der Waals surface area contributed by atoms with Crippen LogP contribution in [0.25, 0.3) is 0 Å². The number of benzene rings is 1. The third-order valence-electron chi connectivity index (χ3n) is 2.84. The fraction of sp³-hybridized carbons (Fsp3) is 0.500. The molecule has 4 heteroatoms. The number of hydrogen-bond donors (Lipinski definition) is 1. The lowest BCUT2D eigenvalue weighted by molar-refractivity contribution is -0.0178. The van der Waals surface area contributed by atoms with Gasteiger partial charge < -0.3 is 14.6 Å². The average molecular weight is 226 g/mol. The number of fused-ring (bicyclic) bond motifs is 1. The molecule has 1 heterocycles. The second-order valence-corrected chi connectivity index (χ2v) is 4.55. The molecule has 0 saturated carbocycles. The first-order chi connectivity index (χ1) is 7.56. The summed E-state index contributed by atoms with van der Waals surface area (Å²) in [7, 11) is 0. The van der Waals surface area contributed by atoms with E-state index in [0.717, 1.165) is 0 Å². The van der Waals surface area contributed by atoms with Crippen LogP contribution in [0.15, 0.2) is 12.1 Å². The van der Waals surface area contributed by atoms with Gasteiger partial charge in [-0.3, -0.25) is 0 Å². The van der Waals surface area contributed by atoms with Crippen LogP contribution in [0.2, 0.25) is 0 Å². The molecule has 0 radical (unpaired) electrons. The van der Waals surface area contributed by atoms with Crippen molar-refractivity contribution in [1.82, 2.24) is 0 Å². The summed E-state index contributed by atoms with van der Waals surface area (Å²) in [5, 5.41) is 9.33. The third kappa shape index (κ3) is 1.79. The van der Waals surface area contributed by atoms with Crippen LogP contribution in [0.4, 0.5) is 4.39 Å². The molecular formula is C12H15FO3. The van der Waals surface area contributed by atoms with E-state index < -0.39 is 5.41 Å². The third-order valence-corrected chi connectivity index (χ3v) is 2.84. The Bertz CT molecular complexity index is 401. The van der Waals surface area contributed by atoms with E-state index in [-0.39, 0.29) is 19.2 Å². The maximum Gasteiger partial charge on any atom is 0.189 e. The van der Waals surface area contributed by atoms with E-state index in [1.807, 2.05) is 0 Å². The Balaban J connectivity index is 2.58. The van der Waals surface area contributed by atoms with Crippen LogP contribution in [0.1, 0.15) is 25.0 Å². The van der Waals surface area contributed by atoms with E-state index in [0.29, 0.717) is 23.5 Å². The lowest BCUT2D eigenvalue weighted by Gasteiger charge is -2.29. The Morgan fingerprint density at radius 3 is 2.88 bits per heavy atom. The smallest absolute Gasteiger partial charge is 0.189 e. The lowest BCUT2D eigenvalue weighted by atomic mass is 9.82. The minimum Gasteiger partial charge on any atom is -0.467 e. The number of aliphatic hydroxyl groups excluding tert-OH is 1. The van der Waals surface area contributed by atoms with Gasteiger partial charge in [-0.25, -0.2) is 4.39 Å². The topological polar surface area (TPSA) is 38.7 Å². The van der Waals surface area contributed by atoms with Crippen LogP contribution in [-0.2, 0) is 16.8 Å². The molecule has 0 bridgehead atoms. The fourth-order valence-electron chi connectivity index (χ4n) is 1.94. The first-order valence-corrected chi connectivity index (χ1v) is 5.19. The highest BCUT2D eigenvalue weighted by Crippen LogP contribution is 2.36. The van der Waals surface area contributed by atoms with Crippen LogP contribution < -0.4 is 4.74 Å². The molecule has 0 aromatic heterocycles. The number of hydrogen-bond acceptors (Lipinski definition) is 3. The number of rotatable bonds is 2. The number of aliphatic hydroxyl groups is 1. The highest BCUT2D eigenvalue weighted by molar-refractivity contribution is 5.45. The quantitative estimate of drug-likeness (QED) is 0.837. The minimum absolute atomic E-state index is 0.125. The molecular weight excluding hydrogens is 211 g/mol. The van der Waals surface area contributed by atoms with Gasteiger partial charge in [-0.05, 0) is 12.1 Å². The normalized spacial score (nSPS) is 15.5. The maximum atomic E-state index is 13.8. The molecule has 16 heavy (non-hydrogen) atoms. The summed E-state index contributed by atoms with van der Waals surface area (Å²) in [6, 6.07) is 2.97. The Kier molecular flexibility index (Phi) is 2.86. The van der Waals surface area contributed by atoms with Crippen molar-refractivity contribution in [3.05, 3.63) is 29.1 Å². The zero-order valence-electron chi connectivity index (χ0n) is 9.42. The molecule has 0 amide bonds. The van der Waals surface area contributed by atoms with Gasteiger partial charge in [0.05, 0.1) is 13.2 Å². The van der Waals surface area contributed by atoms with Crippen LogP contribution >= 0.6 is 0 Å². The lowest BCUT2D eigenvalue weighted by Crippen LogP contribution is -2.27. The molecule has 0 unspecified atom stereocenters. The van der Waals surface area contributed by atoms with Gasteiger partial charge in [0.15, 0.2) is 6.79 Å². The van der Waals surface area contributed by atoms with E-state index in [9.17, 15) is 9.50 Å². The minimum atomic E-state index is -0.639. The van der Waals surface area contributed by atoms with Gasteiger partial charge in [0.2, 0.25) is 0 Å². The highest BCUT2D eigenvalue weighted by atomic mass is 19.1. The SMILES string of the molecule is CC(C)(CO)c1c(F)ccc2c1COCO2. The van der Waals surface area contributed by atoms with Gasteiger partial charge in [0.1, 0.15) is 11.6 Å². The zero-order chi connectivity index (χ0) is 11.8. The number of halogens is 1. The predicted octanol–water partition coefficient (Wildman–Crippen LogP) is 1.96. The standard InChI is InChI=1S/C12H15FO3/c1-12(2,6-14)11-8-5-15-7-16-10(8)4-3-9(11)13/h3-4,14H,5-7H2,1-2H3. The molecule has 88 valence electrons. The van der Waals surface area contributed by atoms with Crippen LogP contribution in [0.3, 0.4) is 0 Å². The molecule has 2 rings (SSSR count). The van der Waals surface area contributed by atoms with Crippen molar-refractivity contribution in [2.75, 3.05) is 13.4 Å².